The van der Waals surface area contributed by atoms with E-state index in [-0.39, 0.29) is 0 Å². The fourth-order valence-electron chi connectivity index (χ4n) is 3.37. The highest BCUT2D eigenvalue weighted by molar-refractivity contribution is 5.87. The van der Waals surface area contributed by atoms with Gasteiger partial charge in [0, 0.05) is 13.0 Å². The van der Waals surface area contributed by atoms with E-state index in [1.807, 2.05) is 6.92 Å². The van der Waals surface area contributed by atoms with Crippen LogP contribution in [0.1, 0.15) is 97.3 Å². The monoisotopic (exact) mass is 282 g/mol. The van der Waals surface area contributed by atoms with Gasteiger partial charge >= 0.3 is 0 Å². The number of rotatable bonds is 11. The number of hydrogen-bond acceptors (Lipinski definition) is 2. The molecule has 0 radical (unpaired) electrons. The van der Waals surface area contributed by atoms with Gasteiger partial charge in [-0.3, -0.25) is 4.79 Å². The predicted molar refractivity (Wildman–Crippen MR) is 85.1 cm³/mol. The molecule has 2 heteroatoms. The van der Waals surface area contributed by atoms with Gasteiger partial charge in [-0.15, -0.1) is 0 Å². The second kappa shape index (κ2) is 10.4. The molecule has 1 aliphatic rings. The minimum atomic E-state index is -0.408. The lowest BCUT2D eigenvalue weighted by atomic mass is 9.80. The predicted octanol–water partition coefficient (Wildman–Crippen LogP) is 5.44. The first-order valence-electron chi connectivity index (χ1n) is 8.92. The van der Waals surface area contributed by atoms with E-state index in [1.54, 1.807) is 0 Å². The lowest BCUT2D eigenvalue weighted by Crippen LogP contribution is -2.43. The van der Waals surface area contributed by atoms with E-state index in [0.717, 1.165) is 38.5 Å². The quantitative estimate of drug-likeness (QED) is 0.472. The molecule has 0 bridgehead atoms. The van der Waals surface area contributed by atoms with Crippen LogP contribution < -0.4 is 0 Å². The van der Waals surface area contributed by atoms with Crippen molar-refractivity contribution < 1.29 is 9.53 Å². The van der Waals surface area contributed by atoms with Gasteiger partial charge in [0.15, 0.2) is 5.78 Å². The summed E-state index contributed by atoms with van der Waals surface area (Å²) in [4.78, 5) is 12.5. The Morgan fingerprint density at radius 1 is 0.900 bits per heavy atom. The molecule has 0 aromatic carbocycles. The first-order chi connectivity index (χ1) is 9.75. The SMILES string of the molecule is CCCCCCCCCC(=O)C1(OCC)CCCCC1. The number of carbonyl (C=O) groups is 1. The van der Waals surface area contributed by atoms with Gasteiger partial charge in [-0.1, -0.05) is 64.7 Å². The molecule has 1 rings (SSSR count). The van der Waals surface area contributed by atoms with Gasteiger partial charge in [-0.25, -0.2) is 0 Å². The molecule has 0 N–H and O–H groups in total. The van der Waals surface area contributed by atoms with Crippen molar-refractivity contribution in [2.45, 2.75) is 103 Å². The zero-order valence-electron chi connectivity index (χ0n) is 13.7. The molecule has 0 aromatic rings. The van der Waals surface area contributed by atoms with Crippen LogP contribution in [0.4, 0.5) is 0 Å². The maximum Gasteiger partial charge on any atom is 0.164 e. The minimum Gasteiger partial charge on any atom is -0.368 e. The van der Waals surface area contributed by atoms with Crippen molar-refractivity contribution in [2.75, 3.05) is 6.61 Å². The standard InChI is InChI=1S/C18H34O2/c1-3-5-6-7-8-9-11-14-17(19)18(20-4-2)15-12-10-13-16-18/h3-16H2,1-2H3. The summed E-state index contributed by atoms with van der Waals surface area (Å²) >= 11 is 0. The number of carbonyl (C=O) groups excluding carboxylic acids is 1. The van der Waals surface area contributed by atoms with E-state index >= 15 is 0 Å². The first-order valence-corrected chi connectivity index (χ1v) is 8.92. The van der Waals surface area contributed by atoms with E-state index in [4.69, 9.17) is 4.74 Å². The van der Waals surface area contributed by atoms with E-state index in [0.29, 0.717) is 12.4 Å². The van der Waals surface area contributed by atoms with Crippen molar-refractivity contribution >= 4 is 5.78 Å². The molecule has 2 nitrogen and oxygen atoms in total. The number of ether oxygens (including phenoxy) is 1. The topological polar surface area (TPSA) is 26.3 Å². The Kier molecular flexibility index (Phi) is 9.17. The van der Waals surface area contributed by atoms with Crippen LogP contribution in [0.5, 0.6) is 0 Å². The molecule has 1 saturated carbocycles. The molecule has 0 heterocycles. The smallest absolute Gasteiger partial charge is 0.164 e. The molecule has 0 saturated heterocycles. The zero-order chi connectivity index (χ0) is 14.7. The summed E-state index contributed by atoms with van der Waals surface area (Å²) in [5, 5.41) is 0. The van der Waals surface area contributed by atoms with E-state index in [1.165, 1.54) is 44.9 Å². The van der Waals surface area contributed by atoms with Gasteiger partial charge in [-0.2, -0.15) is 0 Å². The van der Waals surface area contributed by atoms with Crippen LogP contribution in [0, 0.1) is 0 Å². The van der Waals surface area contributed by atoms with Gasteiger partial charge < -0.3 is 4.74 Å². The Labute approximate surface area is 125 Å². The summed E-state index contributed by atoms with van der Waals surface area (Å²) in [6.07, 6.45) is 15.1. The lowest BCUT2D eigenvalue weighted by molar-refractivity contribution is -0.149. The fraction of sp³-hybridized carbons (Fsp3) is 0.944. The molecule has 1 fully saturated rings. The maximum absolute atomic E-state index is 12.5. The van der Waals surface area contributed by atoms with Gasteiger partial charge in [0.05, 0.1) is 0 Å². The van der Waals surface area contributed by atoms with Crippen LogP contribution in [-0.4, -0.2) is 18.0 Å². The Morgan fingerprint density at radius 2 is 1.50 bits per heavy atom. The molecule has 118 valence electrons. The van der Waals surface area contributed by atoms with Crippen molar-refractivity contribution in [3.05, 3.63) is 0 Å². The molecule has 0 atom stereocenters. The molecule has 0 aliphatic heterocycles. The van der Waals surface area contributed by atoms with E-state index in [9.17, 15) is 4.79 Å². The van der Waals surface area contributed by atoms with Crippen LogP contribution in [-0.2, 0) is 9.53 Å². The normalized spacial score (nSPS) is 18.1. The van der Waals surface area contributed by atoms with Crippen molar-refractivity contribution in [2.24, 2.45) is 0 Å². The Hall–Kier alpha value is -0.370. The highest BCUT2D eigenvalue weighted by Gasteiger charge is 2.39. The van der Waals surface area contributed by atoms with Crippen molar-refractivity contribution in [1.82, 2.24) is 0 Å². The van der Waals surface area contributed by atoms with Crippen LogP contribution in [0.3, 0.4) is 0 Å². The highest BCUT2D eigenvalue weighted by Crippen LogP contribution is 2.34. The largest absolute Gasteiger partial charge is 0.368 e. The van der Waals surface area contributed by atoms with Crippen molar-refractivity contribution in [3.8, 4) is 0 Å². The average molecular weight is 282 g/mol. The molecule has 0 unspecified atom stereocenters. The van der Waals surface area contributed by atoms with Gasteiger partial charge in [0.1, 0.15) is 5.60 Å². The minimum absolute atomic E-state index is 0.382. The van der Waals surface area contributed by atoms with E-state index in [2.05, 4.69) is 6.92 Å². The number of Topliss-reactive ketones (excluding diaryl/α,β-unsaturated/α-hetero) is 1. The summed E-state index contributed by atoms with van der Waals surface area (Å²) in [6.45, 7) is 4.93. The molecule has 0 aromatic heterocycles. The van der Waals surface area contributed by atoms with Crippen molar-refractivity contribution in [1.29, 1.82) is 0 Å². The average Bonchev–Trinajstić information content (AvgIpc) is 2.47. The number of ketones is 1. The Bertz CT molecular complexity index is 249. The number of unbranched alkanes of at least 4 members (excludes halogenated alkanes) is 6. The maximum atomic E-state index is 12.5. The molecular weight excluding hydrogens is 248 g/mol. The van der Waals surface area contributed by atoms with Crippen molar-refractivity contribution in [3.63, 3.8) is 0 Å². The molecular formula is C18H34O2. The van der Waals surface area contributed by atoms with Crippen LogP contribution in [0.15, 0.2) is 0 Å². The Morgan fingerprint density at radius 3 is 2.10 bits per heavy atom. The summed E-state index contributed by atoms with van der Waals surface area (Å²) in [7, 11) is 0. The first kappa shape index (κ1) is 17.7. The highest BCUT2D eigenvalue weighted by atomic mass is 16.5. The fourth-order valence-corrected chi connectivity index (χ4v) is 3.37. The molecule has 1 aliphatic carbocycles. The van der Waals surface area contributed by atoms with Gasteiger partial charge in [0.25, 0.3) is 0 Å². The van der Waals surface area contributed by atoms with Crippen LogP contribution >= 0.6 is 0 Å². The third-order valence-corrected chi connectivity index (χ3v) is 4.60. The third-order valence-electron chi connectivity index (χ3n) is 4.60. The molecule has 20 heavy (non-hydrogen) atoms. The third kappa shape index (κ3) is 5.95. The van der Waals surface area contributed by atoms with Gasteiger partial charge in [0.2, 0.25) is 0 Å². The van der Waals surface area contributed by atoms with Crippen LogP contribution in [0.25, 0.3) is 0 Å². The summed E-state index contributed by atoms with van der Waals surface area (Å²) in [5.74, 6) is 0.382. The molecule has 0 amide bonds. The van der Waals surface area contributed by atoms with E-state index < -0.39 is 5.60 Å². The second-order valence-electron chi connectivity index (χ2n) is 6.28. The van der Waals surface area contributed by atoms with Crippen LogP contribution in [0.2, 0.25) is 0 Å². The Balaban J connectivity index is 2.21. The summed E-state index contributed by atoms with van der Waals surface area (Å²) in [6, 6.07) is 0. The number of hydrogen-bond donors (Lipinski definition) is 0. The lowest BCUT2D eigenvalue weighted by Gasteiger charge is -2.35. The zero-order valence-corrected chi connectivity index (χ0v) is 13.7. The molecule has 0 spiro atoms. The van der Waals surface area contributed by atoms with Gasteiger partial charge in [-0.05, 0) is 26.2 Å². The summed E-state index contributed by atoms with van der Waals surface area (Å²) in [5.41, 5.74) is -0.408. The second-order valence-corrected chi connectivity index (χ2v) is 6.28. The summed E-state index contributed by atoms with van der Waals surface area (Å²) < 4.78 is 5.89.